The van der Waals surface area contributed by atoms with Gasteiger partial charge in [-0.1, -0.05) is 19.3 Å². The van der Waals surface area contributed by atoms with E-state index in [0.717, 1.165) is 11.7 Å². The molecule has 2 aliphatic rings. The maximum absolute atomic E-state index is 11.4. The number of thioether (sulfide) groups is 1. The van der Waals surface area contributed by atoms with Crippen molar-refractivity contribution in [1.82, 2.24) is 5.32 Å². The molecular weight excluding hydrogens is 270 g/mol. The van der Waals surface area contributed by atoms with Gasteiger partial charge in [-0.3, -0.25) is 4.79 Å². The zero-order chi connectivity index (χ0) is 14.4. The fourth-order valence-electron chi connectivity index (χ4n) is 3.32. The molecule has 0 spiro atoms. The quantitative estimate of drug-likeness (QED) is 0.698. The number of esters is 1. The molecule has 0 aromatic carbocycles. The predicted octanol–water partition coefficient (Wildman–Crippen LogP) is 3.23. The van der Waals surface area contributed by atoms with Gasteiger partial charge in [0.2, 0.25) is 0 Å². The summed E-state index contributed by atoms with van der Waals surface area (Å²) in [5, 5.41) is 3.52. The molecule has 2 rings (SSSR count). The van der Waals surface area contributed by atoms with E-state index in [1.54, 1.807) is 0 Å². The largest absolute Gasteiger partial charge is 0.469 e. The highest BCUT2D eigenvalue weighted by Gasteiger charge is 2.44. The van der Waals surface area contributed by atoms with Crippen LogP contribution >= 0.6 is 11.8 Å². The molecule has 2 fully saturated rings. The Bertz CT molecular complexity index is 312. The topological polar surface area (TPSA) is 38.3 Å². The van der Waals surface area contributed by atoms with Gasteiger partial charge in [0, 0.05) is 11.8 Å². The van der Waals surface area contributed by atoms with Crippen LogP contribution in [0.1, 0.15) is 51.4 Å². The highest BCUT2D eigenvalue weighted by atomic mass is 32.2. The molecule has 3 nitrogen and oxygen atoms in total. The van der Waals surface area contributed by atoms with Crippen molar-refractivity contribution >= 4 is 17.7 Å². The van der Waals surface area contributed by atoms with Crippen LogP contribution in [-0.2, 0) is 9.53 Å². The van der Waals surface area contributed by atoms with Crippen LogP contribution in [0.25, 0.3) is 0 Å². The fraction of sp³-hybridized carbons (Fsp3) is 0.938. The Morgan fingerprint density at radius 3 is 2.60 bits per heavy atom. The number of methoxy groups -OCH3 is 1. The minimum atomic E-state index is -0.0412. The maximum Gasteiger partial charge on any atom is 0.306 e. The summed E-state index contributed by atoms with van der Waals surface area (Å²) in [6.45, 7) is 0. The normalized spacial score (nSPS) is 23.3. The van der Waals surface area contributed by atoms with E-state index in [1.165, 1.54) is 57.8 Å². The number of carbonyl (C=O) groups is 1. The van der Waals surface area contributed by atoms with Crippen LogP contribution < -0.4 is 5.32 Å². The molecule has 4 heteroatoms. The molecule has 0 aromatic heterocycles. The molecule has 0 radical (unpaired) electrons. The lowest BCUT2D eigenvalue weighted by molar-refractivity contribution is -0.141. The van der Waals surface area contributed by atoms with Crippen molar-refractivity contribution in [2.24, 2.45) is 11.3 Å². The van der Waals surface area contributed by atoms with E-state index in [0.29, 0.717) is 12.5 Å². The van der Waals surface area contributed by atoms with Gasteiger partial charge in [0.05, 0.1) is 13.5 Å². The van der Waals surface area contributed by atoms with E-state index in [9.17, 15) is 4.79 Å². The molecule has 116 valence electrons. The summed E-state index contributed by atoms with van der Waals surface area (Å²) < 4.78 is 4.81. The molecule has 0 bridgehead atoms. The molecule has 0 heterocycles. The molecule has 0 aromatic rings. The first-order valence-electron chi connectivity index (χ1n) is 8.01. The number of hydrogen-bond acceptors (Lipinski definition) is 4. The van der Waals surface area contributed by atoms with Gasteiger partial charge in [-0.05, 0) is 49.8 Å². The lowest BCUT2D eigenvalue weighted by atomic mass is 9.84. The van der Waals surface area contributed by atoms with E-state index in [-0.39, 0.29) is 11.4 Å². The fourth-order valence-corrected chi connectivity index (χ4v) is 4.96. The first-order chi connectivity index (χ1) is 9.69. The lowest BCUT2D eigenvalue weighted by Crippen LogP contribution is -2.37. The smallest absolute Gasteiger partial charge is 0.306 e. The van der Waals surface area contributed by atoms with E-state index in [2.05, 4.69) is 12.4 Å². The Labute approximate surface area is 127 Å². The summed E-state index contributed by atoms with van der Waals surface area (Å²) in [5.74, 6) is 3.12. The monoisotopic (exact) mass is 299 g/mol. The molecule has 2 saturated carbocycles. The molecule has 1 atom stereocenters. The zero-order valence-electron chi connectivity index (χ0n) is 13.0. The number of ether oxygens (including phenoxy) is 1. The van der Waals surface area contributed by atoms with Crippen LogP contribution in [0.5, 0.6) is 0 Å². The van der Waals surface area contributed by atoms with Gasteiger partial charge >= 0.3 is 5.97 Å². The number of hydrogen-bond donors (Lipinski definition) is 1. The standard InChI is InChI=1S/C16H29NO2S/c1-17-14(13-6-4-3-5-7-13)11-20-12-16(8-9-16)10-15(18)19-2/h13-14,17H,3-12H2,1-2H3. The molecule has 0 aliphatic heterocycles. The van der Waals surface area contributed by atoms with E-state index >= 15 is 0 Å². The van der Waals surface area contributed by atoms with Crippen molar-refractivity contribution in [1.29, 1.82) is 0 Å². The second-order valence-electron chi connectivity index (χ2n) is 6.56. The summed E-state index contributed by atoms with van der Waals surface area (Å²) in [6.07, 6.45) is 10.0. The van der Waals surface area contributed by atoms with Gasteiger partial charge in [-0.2, -0.15) is 11.8 Å². The van der Waals surface area contributed by atoms with Crippen LogP contribution in [-0.4, -0.2) is 37.7 Å². The Hall–Kier alpha value is -0.220. The average molecular weight is 299 g/mol. The first kappa shape index (κ1) is 16.2. The molecule has 1 N–H and O–H groups in total. The predicted molar refractivity (Wildman–Crippen MR) is 85.0 cm³/mol. The Morgan fingerprint density at radius 2 is 2.05 bits per heavy atom. The first-order valence-corrected chi connectivity index (χ1v) is 9.16. The van der Waals surface area contributed by atoms with Gasteiger partial charge in [-0.25, -0.2) is 0 Å². The minimum Gasteiger partial charge on any atom is -0.469 e. The van der Waals surface area contributed by atoms with Crippen molar-refractivity contribution in [3.05, 3.63) is 0 Å². The Morgan fingerprint density at radius 1 is 1.35 bits per heavy atom. The molecule has 2 aliphatic carbocycles. The number of rotatable bonds is 8. The van der Waals surface area contributed by atoms with Crippen molar-refractivity contribution in [2.75, 3.05) is 25.7 Å². The Kier molecular flexibility index (Phi) is 6.21. The number of nitrogens with one attached hydrogen (secondary N) is 1. The van der Waals surface area contributed by atoms with Crippen molar-refractivity contribution < 1.29 is 9.53 Å². The van der Waals surface area contributed by atoms with E-state index in [1.807, 2.05) is 11.8 Å². The summed E-state index contributed by atoms with van der Waals surface area (Å²) in [7, 11) is 3.59. The summed E-state index contributed by atoms with van der Waals surface area (Å²) in [6, 6.07) is 0.647. The maximum atomic E-state index is 11.4. The third kappa shape index (κ3) is 4.66. The summed E-state index contributed by atoms with van der Waals surface area (Å²) >= 11 is 2.03. The molecule has 20 heavy (non-hydrogen) atoms. The molecule has 0 amide bonds. The van der Waals surface area contributed by atoms with Crippen molar-refractivity contribution in [2.45, 2.75) is 57.4 Å². The SMILES string of the molecule is CNC(CSCC1(CC(=O)OC)CC1)C1CCCCC1. The molecule has 0 saturated heterocycles. The average Bonchev–Trinajstić information content (AvgIpc) is 3.24. The van der Waals surface area contributed by atoms with Crippen LogP contribution in [0.4, 0.5) is 0 Å². The van der Waals surface area contributed by atoms with Crippen LogP contribution in [0.3, 0.4) is 0 Å². The van der Waals surface area contributed by atoms with Gasteiger partial charge in [0.1, 0.15) is 0 Å². The van der Waals surface area contributed by atoms with Crippen molar-refractivity contribution in [3.63, 3.8) is 0 Å². The molecule has 1 unspecified atom stereocenters. The van der Waals surface area contributed by atoms with Gasteiger partial charge in [-0.15, -0.1) is 0 Å². The molecular formula is C16H29NO2S. The zero-order valence-corrected chi connectivity index (χ0v) is 13.8. The van der Waals surface area contributed by atoms with Crippen LogP contribution in [0.2, 0.25) is 0 Å². The highest BCUT2D eigenvalue weighted by Crippen LogP contribution is 2.51. The minimum absolute atomic E-state index is 0.0412. The summed E-state index contributed by atoms with van der Waals surface area (Å²) in [4.78, 5) is 11.4. The second-order valence-corrected chi connectivity index (χ2v) is 7.59. The summed E-state index contributed by atoms with van der Waals surface area (Å²) in [5.41, 5.74) is 0.266. The van der Waals surface area contributed by atoms with Crippen LogP contribution in [0, 0.1) is 11.3 Å². The third-order valence-corrected chi connectivity index (χ3v) is 6.41. The van der Waals surface area contributed by atoms with E-state index in [4.69, 9.17) is 4.74 Å². The van der Waals surface area contributed by atoms with Gasteiger partial charge in [0.25, 0.3) is 0 Å². The Balaban J connectivity index is 1.69. The van der Waals surface area contributed by atoms with Crippen molar-refractivity contribution in [3.8, 4) is 0 Å². The van der Waals surface area contributed by atoms with Gasteiger partial charge < -0.3 is 10.1 Å². The highest BCUT2D eigenvalue weighted by molar-refractivity contribution is 7.99. The van der Waals surface area contributed by atoms with Crippen LogP contribution in [0.15, 0.2) is 0 Å². The number of carbonyl (C=O) groups excluding carboxylic acids is 1. The lowest BCUT2D eigenvalue weighted by Gasteiger charge is -2.30. The third-order valence-electron chi connectivity index (χ3n) is 5.00. The van der Waals surface area contributed by atoms with Gasteiger partial charge in [0.15, 0.2) is 0 Å². The van der Waals surface area contributed by atoms with E-state index < -0.39 is 0 Å². The second kappa shape index (κ2) is 7.69.